The molecule has 3 N–H and O–H groups in total. The summed E-state index contributed by atoms with van der Waals surface area (Å²) in [5.41, 5.74) is 4.92. The van der Waals surface area contributed by atoms with Crippen LogP contribution in [0.5, 0.6) is 0 Å². The second kappa shape index (κ2) is 9.64. The van der Waals surface area contributed by atoms with E-state index in [0.717, 1.165) is 48.3 Å². The van der Waals surface area contributed by atoms with Crippen LogP contribution in [0, 0.1) is 0 Å². The lowest BCUT2D eigenvalue weighted by atomic mass is 10.1. The van der Waals surface area contributed by atoms with Crippen molar-refractivity contribution in [3.05, 3.63) is 71.7 Å². The van der Waals surface area contributed by atoms with E-state index in [1.807, 2.05) is 48.8 Å². The van der Waals surface area contributed by atoms with Gasteiger partial charge in [0.1, 0.15) is 0 Å². The van der Waals surface area contributed by atoms with Crippen LogP contribution >= 0.6 is 0 Å². The fourth-order valence-electron chi connectivity index (χ4n) is 2.80. The van der Waals surface area contributed by atoms with E-state index in [1.54, 1.807) is 6.20 Å². The first kappa shape index (κ1) is 18.8. The zero-order valence-corrected chi connectivity index (χ0v) is 15.5. The molecule has 0 saturated heterocycles. The van der Waals surface area contributed by atoms with E-state index in [9.17, 15) is 4.79 Å². The van der Waals surface area contributed by atoms with Gasteiger partial charge in [0.2, 0.25) is 0 Å². The molecule has 3 rings (SSSR count). The first-order valence-electron chi connectivity index (χ1n) is 9.28. The molecular weight excluding hydrogens is 338 g/mol. The zero-order chi connectivity index (χ0) is 18.9. The Morgan fingerprint density at radius 1 is 1.11 bits per heavy atom. The number of carbonyl (C=O) groups excluding carboxylic acids is 1. The molecule has 3 aromatic rings. The van der Waals surface area contributed by atoms with Gasteiger partial charge in [0, 0.05) is 48.7 Å². The summed E-state index contributed by atoms with van der Waals surface area (Å²) in [5, 5.41) is 13.5. The van der Waals surface area contributed by atoms with Crippen molar-refractivity contribution in [2.24, 2.45) is 0 Å². The quantitative estimate of drug-likeness (QED) is 0.510. The molecule has 0 bridgehead atoms. The summed E-state index contributed by atoms with van der Waals surface area (Å²) in [7, 11) is 0. The number of amides is 1. The third-order valence-electron chi connectivity index (χ3n) is 4.34. The number of aromatic amines is 1. The number of rotatable bonds is 9. The number of nitrogens with zero attached hydrogens (tertiary/aromatic N) is 2. The van der Waals surface area contributed by atoms with Crippen molar-refractivity contribution < 1.29 is 4.79 Å². The smallest absolute Gasteiger partial charge is 0.251 e. The Balaban J connectivity index is 1.51. The van der Waals surface area contributed by atoms with Crippen LogP contribution in [0.15, 0.2) is 55.0 Å². The fraction of sp³-hybridized carbons (Fsp3) is 0.286. The normalized spacial score (nSPS) is 10.7. The molecule has 0 aliphatic carbocycles. The summed E-state index contributed by atoms with van der Waals surface area (Å²) in [5.74, 6) is -0.0116. The molecule has 6 heteroatoms. The second-order valence-electron chi connectivity index (χ2n) is 6.42. The van der Waals surface area contributed by atoms with Crippen LogP contribution in [0.4, 0.5) is 0 Å². The van der Waals surface area contributed by atoms with E-state index in [2.05, 4.69) is 32.7 Å². The average molecular weight is 363 g/mol. The Morgan fingerprint density at radius 2 is 1.96 bits per heavy atom. The molecule has 140 valence electrons. The predicted octanol–water partition coefficient (Wildman–Crippen LogP) is 3.29. The number of hydrogen-bond acceptors (Lipinski definition) is 4. The van der Waals surface area contributed by atoms with Crippen molar-refractivity contribution >= 4 is 5.91 Å². The molecule has 1 aromatic carbocycles. The van der Waals surface area contributed by atoms with Crippen molar-refractivity contribution in [2.45, 2.75) is 32.9 Å². The Morgan fingerprint density at radius 3 is 2.70 bits per heavy atom. The maximum atomic E-state index is 12.0. The van der Waals surface area contributed by atoms with Crippen molar-refractivity contribution in [1.82, 2.24) is 25.8 Å². The van der Waals surface area contributed by atoms with Crippen LogP contribution in [-0.4, -0.2) is 27.6 Å². The van der Waals surface area contributed by atoms with E-state index in [-0.39, 0.29) is 5.91 Å². The van der Waals surface area contributed by atoms with Gasteiger partial charge in [-0.05, 0) is 36.2 Å². The standard InChI is InChI=1S/C21H25N5O/c1-2-3-11-24-21(27)17-8-6-16(7-9-17)12-23-14-19-15-25-26-20(19)18-5-4-10-22-13-18/h4-10,13,15,23H,2-3,11-12,14H2,1H3,(H,24,27)(H,25,26). The van der Waals surface area contributed by atoms with Crippen molar-refractivity contribution in [3.63, 3.8) is 0 Å². The lowest BCUT2D eigenvalue weighted by Gasteiger charge is -2.08. The first-order valence-corrected chi connectivity index (χ1v) is 9.28. The predicted molar refractivity (Wildman–Crippen MR) is 106 cm³/mol. The van der Waals surface area contributed by atoms with Crippen molar-refractivity contribution in [3.8, 4) is 11.3 Å². The number of aromatic nitrogens is 3. The molecule has 0 aliphatic heterocycles. The van der Waals surface area contributed by atoms with Crippen LogP contribution in [0.2, 0.25) is 0 Å². The topological polar surface area (TPSA) is 82.7 Å². The number of carbonyl (C=O) groups is 1. The largest absolute Gasteiger partial charge is 0.352 e. The lowest BCUT2D eigenvalue weighted by Crippen LogP contribution is -2.24. The third-order valence-corrected chi connectivity index (χ3v) is 4.34. The van der Waals surface area contributed by atoms with Gasteiger partial charge in [-0.3, -0.25) is 14.9 Å². The van der Waals surface area contributed by atoms with Crippen LogP contribution in [0.3, 0.4) is 0 Å². The molecule has 0 radical (unpaired) electrons. The third kappa shape index (κ3) is 5.24. The Bertz CT molecular complexity index is 843. The molecular formula is C21H25N5O. The minimum Gasteiger partial charge on any atom is -0.352 e. The molecule has 6 nitrogen and oxygen atoms in total. The minimum atomic E-state index is -0.0116. The van der Waals surface area contributed by atoms with Gasteiger partial charge in [-0.2, -0.15) is 5.10 Å². The fourth-order valence-corrected chi connectivity index (χ4v) is 2.80. The Kier molecular flexibility index (Phi) is 6.71. The van der Waals surface area contributed by atoms with E-state index >= 15 is 0 Å². The highest BCUT2D eigenvalue weighted by Crippen LogP contribution is 2.19. The summed E-state index contributed by atoms with van der Waals surface area (Å²) < 4.78 is 0. The second-order valence-corrected chi connectivity index (χ2v) is 6.42. The SMILES string of the molecule is CCCCNC(=O)c1ccc(CNCc2cn[nH]c2-c2cccnc2)cc1. The van der Waals surface area contributed by atoms with Gasteiger partial charge in [0.05, 0.1) is 11.9 Å². The summed E-state index contributed by atoms with van der Waals surface area (Å²) in [6.07, 6.45) is 7.48. The zero-order valence-electron chi connectivity index (χ0n) is 15.5. The van der Waals surface area contributed by atoms with E-state index in [4.69, 9.17) is 0 Å². The van der Waals surface area contributed by atoms with Gasteiger partial charge < -0.3 is 10.6 Å². The van der Waals surface area contributed by atoms with Gasteiger partial charge in [-0.25, -0.2) is 0 Å². The maximum absolute atomic E-state index is 12.0. The van der Waals surface area contributed by atoms with Crippen molar-refractivity contribution in [2.75, 3.05) is 6.54 Å². The molecule has 0 unspecified atom stereocenters. The highest BCUT2D eigenvalue weighted by atomic mass is 16.1. The summed E-state index contributed by atoms with van der Waals surface area (Å²) in [4.78, 5) is 16.2. The van der Waals surface area contributed by atoms with Crippen LogP contribution in [0.1, 0.15) is 41.3 Å². The first-order chi connectivity index (χ1) is 13.3. The number of hydrogen-bond donors (Lipinski definition) is 3. The Labute approximate surface area is 159 Å². The van der Waals surface area contributed by atoms with Gasteiger partial charge in [0.15, 0.2) is 0 Å². The molecule has 1 amide bonds. The summed E-state index contributed by atoms with van der Waals surface area (Å²) >= 11 is 0. The summed E-state index contributed by atoms with van der Waals surface area (Å²) in [6, 6.07) is 11.6. The lowest BCUT2D eigenvalue weighted by molar-refractivity contribution is 0.0953. The monoisotopic (exact) mass is 363 g/mol. The van der Waals surface area contributed by atoms with Gasteiger partial charge in [0.25, 0.3) is 5.91 Å². The van der Waals surface area contributed by atoms with E-state index in [0.29, 0.717) is 12.1 Å². The minimum absolute atomic E-state index is 0.0116. The van der Waals surface area contributed by atoms with E-state index in [1.165, 1.54) is 0 Å². The maximum Gasteiger partial charge on any atom is 0.251 e. The average Bonchev–Trinajstić information content (AvgIpc) is 3.18. The highest BCUT2D eigenvalue weighted by molar-refractivity contribution is 5.94. The number of unbranched alkanes of at least 4 members (excludes halogenated alkanes) is 1. The molecule has 0 aliphatic rings. The highest BCUT2D eigenvalue weighted by Gasteiger charge is 2.08. The molecule has 0 fully saturated rings. The molecule has 27 heavy (non-hydrogen) atoms. The molecule has 0 atom stereocenters. The van der Waals surface area contributed by atoms with Crippen LogP contribution in [0.25, 0.3) is 11.3 Å². The molecule has 0 spiro atoms. The van der Waals surface area contributed by atoms with Crippen molar-refractivity contribution in [1.29, 1.82) is 0 Å². The molecule has 0 saturated carbocycles. The van der Waals surface area contributed by atoms with Gasteiger partial charge in [-0.15, -0.1) is 0 Å². The van der Waals surface area contributed by atoms with Crippen LogP contribution in [-0.2, 0) is 13.1 Å². The van der Waals surface area contributed by atoms with Gasteiger partial charge in [-0.1, -0.05) is 25.5 Å². The number of H-pyrrole nitrogens is 1. The molecule has 2 heterocycles. The van der Waals surface area contributed by atoms with Crippen LogP contribution < -0.4 is 10.6 Å². The number of benzene rings is 1. The number of pyridine rings is 1. The summed E-state index contributed by atoms with van der Waals surface area (Å²) in [6.45, 7) is 4.25. The van der Waals surface area contributed by atoms with E-state index < -0.39 is 0 Å². The molecule has 2 aromatic heterocycles. The van der Waals surface area contributed by atoms with Gasteiger partial charge >= 0.3 is 0 Å². The number of nitrogens with one attached hydrogen (secondary N) is 3. The Hall–Kier alpha value is -2.99.